The maximum absolute atomic E-state index is 14.0. The minimum absolute atomic E-state index is 0.0473. The molecule has 1 unspecified atom stereocenters. The van der Waals surface area contributed by atoms with Gasteiger partial charge >= 0.3 is 6.09 Å². The van der Waals surface area contributed by atoms with Crippen LogP contribution in [0.5, 0.6) is 5.88 Å². The second kappa shape index (κ2) is 11.2. The highest BCUT2D eigenvalue weighted by atomic mass is 35.5. The van der Waals surface area contributed by atoms with Gasteiger partial charge in [-0.1, -0.05) is 48.2 Å². The summed E-state index contributed by atoms with van der Waals surface area (Å²) in [7, 11) is 0. The molecule has 6 nitrogen and oxygen atoms in total. The zero-order chi connectivity index (χ0) is 25.1. The number of rotatable bonds is 5. The van der Waals surface area contributed by atoms with Crippen molar-refractivity contribution in [2.75, 3.05) is 13.1 Å². The number of aromatic nitrogens is 2. The van der Waals surface area contributed by atoms with Gasteiger partial charge in [0.1, 0.15) is 5.82 Å². The van der Waals surface area contributed by atoms with Crippen molar-refractivity contribution in [1.82, 2.24) is 20.2 Å². The lowest BCUT2D eigenvalue weighted by atomic mass is 9.91. The lowest BCUT2D eigenvalue weighted by molar-refractivity contribution is 0.127. The van der Waals surface area contributed by atoms with Crippen molar-refractivity contribution in [2.24, 2.45) is 0 Å². The van der Waals surface area contributed by atoms with Gasteiger partial charge in [-0.15, -0.1) is 5.10 Å². The third-order valence-electron chi connectivity index (χ3n) is 6.91. The molecule has 3 aromatic rings. The third kappa shape index (κ3) is 5.69. The predicted molar refractivity (Wildman–Crippen MR) is 139 cm³/mol. The van der Waals surface area contributed by atoms with Crippen LogP contribution < -0.4 is 10.2 Å². The Balaban J connectivity index is 1.53. The molecule has 1 aromatic heterocycles. The first-order chi connectivity index (χ1) is 17.5. The molecule has 0 radical (unpaired) electrons. The standard InChI is InChI=1S/C27H29Cl2FN4O2/c28-20-11-12-24(23(29)17-20)34-25-19(15-18-7-6-9-21(30)16-18)8-2-3-10-22(25)26(31-34)36-27(35)32-33-13-4-1-5-14-33/h6-7,9,11-12,16-17,19H,1-5,8,10,13-15H2,(H,32,35). The van der Waals surface area contributed by atoms with Gasteiger partial charge < -0.3 is 4.74 Å². The predicted octanol–water partition coefficient (Wildman–Crippen LogP) is 6.86. The first kappa shape index (κ1) is 25.1. The van der Waals surface area contributed by atoms with Crippen LogP contribution >= 0.6 is 23.2 Å². The Hall–Kier alpha value is -2.61. The molecule has 5 rings (SSSR count). The molecular formula is C27H29Cl2FN4O2. The van der Waals surface area contributed by atoms with Crippen LogP contribution in [-0.4, -0.2) is 34.0 Å². The van der Waals surface area contributed by atoms with Gasteiger partial charge in [-0.2, -0.15) is 0 Å². The Morgan fingerprint density at radius 3 is 2.69 bits per heavy atom. The van der Waals surface area contributed by atoms with Gasteiger partial charge in [-0.25, -0.2) is 18.9 Å². The van der Waals surface area contributed by atoms with E-state index in [0.717, 1.165) is 68.4 Å². The lowest BCUT2D eigenvalue weighted by Gasteiger charge is -2.26. The van der Waals surface area contributed by atoms with Crippen molar-refractivity contribution >= 4 is 29.3 Å². The van der Waals surface area contributed by atoms with Gasteiger partial charge in [0, 0.05) is 29.6 Å². The molecule has 1 N–H and O–H groups in total. The molecule has 1 aliphatic heterocycles. The van der Waals surface area contributed by atoms with Gasteiger partial charge in [0.05, 0.1) is 16.4 Å². The Morgan fingerprint density at radius 2 is 1.92 bits per heavy atom. The molecule has 190 valence electrons. The molecule has 0 bridgehead atoms. The molecule has 9 heteroatoms. The first-order valence-corrected chi connectivity index (χ1v) is 13.3. The highest BCUT2D eigenvalue weighted by Gasteiger charge is 2.31. The maximum Gasteiger partial charge on any atom is 0.428 e. The summed E-state index contributed by atoms with van der Waals surface area (Å²) in [6, 6.07) is 12.0. The van der Waals surface area contributed by atoms with Crippen LogP contribution in [0.4, 0.5) is 9.18 Å². The summed E-state index contributed by atoms with van der Waals surface area (Å²) in [6.45, 7) is 1.61. The molecule has 36 heavy (non-hydrogen) atoms. The summed E-state index contributed by atoms with van der Waals surface area (Å²) in [5.74, 6) is 0.0803. The Bertz CT molecular complexity index is 1240. The molecule has 2 aromatic carbocycles. The van der Waals surface area contributed by atoms with E-state index < -0.39 is 6.09 Å². The molecule has 2 heterocycles. The minimum Gasteiger partial charge on any atom is -0.388 e. The van der Waals surface area contributed by atoms with Crippen molar-refractivity contribution in [1.29, 1.82) is 0 Å². The normalized spacial score (nSPS) is 18.4. The number of carbonyl (C=O) groups excluding carboxylic acids is 1. The van der Waals surface area contributed by atoms with E-state index in [0.29, 0.717) is 22.2 Å². The van der Waals surface area contributed by atoms with E-state index >= 15 is 0 Å². The zero-order valence-electron chi connectivity index (χ0n) is 20.0. The Kier molecular flexibility index (Phi) is 7.79. The van der Waals surface area contributed by atoms with Gasteiger partial charge in [0.2, 0.25) is 5.88 Å². The van der Waals surface area contributed by atoms with Gasteiger partial charge in [0.25, 0.3) is 0 Å². The van der Waals surface area contributed by atoms with Crippen LogP contribution in [-0.2, 0) is 12.8 Å². The average Bonchev–Trinajstić information content (AvgIpc) is 3.05. The number of halogens is 3. The van der Waals surface area contributed by atoms with E-state index in [2.05, 4.69) is 5.43 Å². The summed E-state index contributed by atoms with van der Waals surface area (Å²) >= 11 is 12.8. The summed E-state index contributed by atoms with van der Waals surface area (Å²) in [5, 5.41) is 7.62. The molecule has 1 amide bonds. The molecule has 1 aliphatic carbocycles. The average molecular weight is 531 g/mol. The van der Waals surface area contributed by atoms with Crippen LogP contribution in [0.2, 0.25) is 10.0 Å². The largest absolute Gasteiger partial charge is 0.428 e. The second-order valence-electron chi connectivity index (χ2n) is 9.50. The van der Waals surface area contributed by atoms with Crippen molar-refractivity contribution in [3.63, 3.8) is 0 Å². The number of hydrazine groups is 1. The van der Waals surface area contributed by atoms with Gasteiger partial charge in [0.15, 0.2) is 0 Å². The number of fused-ring (bicyclic) bond motifs is 1. The maximum atomic E-state index is 14.0. The van der Waals surface area contributed by atoms with E-state index in [-0.39, 0.29) is 17.6 Å². The fraction of sp³-hybridized carbons (Fsp3) is 0.407. The number of benzene rings is 2. The van der Waals surface area contributed by atoms with Gasteiger partial charge in [-0.3, -0.25) is 5.43 Å². The summed E-state index contributed by atoms with van der Waals surface area (Å²) in [5.41, 5.74) is 6.27. The third-order valence-corrected chi connectivity index (χ3v) is 7.44. The SMILES string of the molecule is O=C(NN1CCCCC1)Oc1nn(-c2ccc(Cl)cc2Cl)c2c1CCCCC2Cc1cccc(F)c1. The number of nitrogens with one attached hydrogen (secondary N) is 1. The second-order valence-corrected chi connectivity index (χ2v) is 10.3. The number of hydrogen-bond donors (Lipinski definition) is 1. The summed E-state index contributed by atoms with van der Waals surface area (Å²) in [6.07, 6.45) is 6.92. The molecule has 0 spiro atoms. The van der Waals surface area contributed by atoms with E-state index in [1.807, 2.05) is 17.1 Å². The van der Waals surface area contributed by atoms with Crippen molar-refractivity contribution < 1.29 is 13.9 Å². The molecular weight excluding hydrogens is 502 g/mol. The number of hydrogen-bond acceptors (Lipinski definition) is 4. The van der Waals surface area contributed by atoms with E-state index in [9.17, 15) is 9.18 Å². The number of carbonyl (C=O) groups is 1. The summed E-state index contributed by atoms with van der Waals surface area (Å²) < 4.78 is 21.5. The molecule has 1 saturated heterocycles. The monoisotopic (exact) mass is 530 g/mol. The van der Waals surface area contributed by atoms with Crippen LogP contribution in [0, 0.1) is 5.82 Å². The number of ether oxygens (including phenoxy) is 1. The fourth-order valence-corrected chi connectivity index (χ4v) is 5.73. The molecule has 2 aliphatic rings. The highest BCUT2D eigenvalue weighted by molar-refractivity contribution is 6.35. The highest BCUT2D eigenvalue weighted by Crippen LogP contribution is 2.40. The minimum atomic E-state index is -0.544. The molecule has 1 fully saturated rings. The number of amides is 1. The van der Waals surface area contributed by atoms with Gasteiger partial charge in [-0.05, 0) is 74.4 Å². The van der Waals surface area contributed by atoms with Crippen LogP contribution in [0.15, 0.2) is 42.5 Å². The number of piperidine rings is 1. The lowest BCUT2D eigenvalue weighted by Crippen LogP contribution is -2.46. The Morgan fingerprint density at radius 1 is 1.08 bits per heavy atom. The van der Waals surface area contributed by atoms with E-state index in [1.54, 1.807) is 28.9 Å². The van der Waals surface area contributed by atoms with Crippen molar-refractivity contribution in [2.45, 2.75) is 57.3 Å². The molecule has 1 atom stereocenters. The van der Waals surface area contributed by atoms with Crippen LogP contribution in [0.3, 0.4) is 0 Å². The van der Waals surface area contributed by atoms with Crippen LogP contribution in [0.25, 0.3) is 5.69 Å². The number of nitrogens with zero attached hydrogens (tertiary/aromatic N) is 3. The van der Waals surface area contributed by atoms with Crippen molar-refractivity contribution in [3.05, 3.63) is 75.1 Å². The Labute approximate surface area is 220 Å². The zero-order valence-corrected chi connectivity index (χ0v) is 21.5. The fourth-order valence-electron chi connectivity index (χ4n) is 5.24. The van der Waals surface area contributed by atoms with E-state index in [1.165, 1.54) is 12.5 Å². The smallest absolute Gasteiger partial charge is 0.388 e. The first-order valence-electron chi connectivity index (χ1n) is 12.5. The summed E-state index contributed by atoms with van der Waals surface area (Å²) in [4.78, 5) is 12.8. The topological polar surface area (TPSA) is 59.4 Å². The van der Waals surface area contributed by atoms with Crippen molar-refractivity contribution in [3.8, 4) is 11.6 Å². The molecule has 0 saturated carbocycles. The van der Waals surface area contributed by atoms with E-state index in [4.69, 9.17) is 33.0 Å². The quantitative estimate of drug-likeness (QED) is 0.366. The van der Waals surface area contributed by atoms with Crippen LogP contribution in [0.1, 0.15) is 61.3 Å².